The van der Waals surface area contributed by atoms with Crippen LogP contribution in [0.2, 0.25) is 0 Å². The largest absolute Gasteiger partial charge is 0.392 e. The maximum Gasteiger partial charge on any atom is 0.157 e. The molecule has 2 nitrogen and oxygen atoms in total. The fraction of sp³-hybridized carbons (Fsp3) is 0.190. The van der Waals surface area contributed by atoms with Crippen molar-refractivity contribution in [2.45, 2.75) is 26.4 Å². The normalized spacial score (nSPS) is 11.1. The van der Waals surface area contributed by atoms with Gasteiger partial charge in [0.15, 0.2) is 5.82 Å². The topological polar surface area (TPSA) is 33.1 Å². The van der Waals surface area contributed by atoms with Crippen LogP contribution >= 0.6 is 0 Å². The predicted molar refractivity (Wildman–Crippen MR) is 95.0 cm³/mol. The highest BCUT2D eigenvalue weighted by Gasteiger charge is 2.23. The van der Waals surface area contributed by atoms with E-state index in [4.69, 9.17) is 0 Å². The van der Waals surface area contributed by atoms with E-state index < -0.39 is 11.6 Å². The molecule has 0 aliphatic carbocycles. The lowest BCUT2D eigenvalue weighted by molar-refractivity contribution is 0.279. The molecule has 0 fully saturated rings. The standard InChI is InChI=1S/C21H19F2NO/c1-13(2)20-17(12-25)18(14-8-10-16(22)11-9-14)19(23)21(24-20)15-6-4-3-5-7-15/h3-11,13,25H,12H2,1-2H3. The van der Waals surface area contributed by atoms with Crippen LogP contribution in [0.4, 0.5) is 8.78 Å². The summed E-state index contributed by atoms with van der Waals surface area (Å²) in [5, 5.41) is 9.87. The lowest BCUT2D eigenvalue weighted by Crippen LogP contribution is -2.08. The highest BCUT2D eigenvalue weighted by atomic mass is 19.1. The van der Waals surface area contributed by atoms with Crippen LogP contribution in [0.15, 0.2) is 54.6 Å². The molecule has 1 N–H and O–H groups in total. The van der Waals surface area contributed by atoms with E-state index in [-0.39, 0.29) is 23.8 Å². The summed E-state index contributed by atoms with van der Waals surface area (Å²) in [6, 6.07) is 14.7. The zero-order valence-electron chi connectivity index (χ0n) is 14.1. The van der Waals surface area contributed by atoms with E-state index >= 15 is 4.39 Å². The van der Waals surface area contributed by atoms with Crippen molar-refractivity contribution in [1.29, 1.82) is 0 Å². The Hall–Kier alpha value is -2.59. The van der Waals surface area contributed by atoms with Crippen molar-refractivity contribution in [1.82, 2.24) is 4.98 Å². The van der Waals surface area contributed by atoms with Crippen LogP contribution in [0.25, 0.3) is 22.4 Å². The molecule has 0 aliphatic rings. The molecule has 2 aromatic carbocycles. The van der Waals surface area contributed by atoms with Gasteiger partial charge in [-0.15, -0.1) is 0 Å². The van der Waals surface area contributed by atoms with Gasteiger partial charge >= 0.3 is 0 Å². The number of rotatable bonds is 4. The van der Waals surface area contributed by atoms with E-state index in [1.807, 2.05) is 32.0 Å². The fourth-order valence-corrected chi connectivity index (χ4v) is 2.96. The summed E-state index contributed by atoms with van der Waals surface area (Å²) >= 11 is 0. The summed E-state index contributed by atoms with van der Waals surface area (Å²) < 4.78 is 28.6. The first-order valence-electron chi connectivity index (χ1n) is 8.17. The first-order valence-corrected chi connectivity index (χ1v) is 8.17. The number of hydrogen-bond donors (Lipinski definition) is 1. The van der Waals surface area contributed by atoms with Crippen LogP contribution in [0, 0.1) is 11.6 Å². The van der Waals surface area contributed by atoms with Crippen LogP contribution in [-0.2, 0) is 6.61 Å². The predicted octanol–water partition coefficient (Wildman–Crippen LogP) is 5.31. The lowest BCUT2D eigenvalue weighted by atomic mass is 9.92. The number of aliphatic hydroxyl groups is 1. The number of aromatic nitrogens is 1. The summed E-state index contributed by atoms with van der Waals surface area (Å²) in [5.74, 6) is -0.896. The molecule has 25 heavy (non-hydrogen) atoms. The molecule has 0 saturated carbocycles. The number of pyridine rings is 1. The minimum atomic E-state index is -0.508. The third kappa shape index (κ3) is 3.30. The van der Waals surface area contributed by atoms with Gasteiger partial charge in [-0.25, -0.2) is 13.8 Å². The lowest BCUT2D eigenvalue weighted by Gasteiger charge is -2.19. The van der Waals surface area contributed by atoms with Crippen LogP contribution in [0.5, 0.6) is 0 Å². The second kappa shape index (κ2) is 7.11. The van der Waals surface area contributed by atoms with Crippen LogP contribution in [0.3, 0.4) is 0 Å². The molecule has 0 atom stereocenters. The molecule has 3 aromatic rings. The third-order valence-electron chi connectivity index (χ3n) is 4.16. The Morgan fingerprint density at radius 1 is 0.920 bits per heavy atom. The minimum Gasteiger partial charge on any atom is -0.392 e. The average Bonchev–Trinajstić information content (AvgIpc) is 2.62. The molecule has 0 bridgehead atoms. The van der Waals surface area contributed by atoms with E-state index in [0.29, 0.717) is 22.4 Å². The van der Waals surface area contributed by atoms with E-state index in [2.05, 4.69) is 4.98 Å². The van der Waals surface area contributed by atoms with E-state index in [1.54, 1.807) is 12.1 Å². The van der Waals surface area contributed by atoms with Crippen molar-refractivity contribution in [2.75, 3.05) is 0 Å². The van der Waals surface area contributed by atoms with Crippen LogP contribution in [-0.4, -0.2) is 10.1 Å². The zero-order valence-corrected chi connectivity index (χ0v) is 14.1. The van der Waals surface area contributed by atoms with Gasteiger partial charge in [0.2, 0.25) is 0 Å². The summed E-state index contributed by atoms with van der Waals surface area (Å²) in [7, 11) is 0. The second-order valence-electron chi connectivity index (χ2n) is 6.20. The fourth-order valence-electron chi connectivity index (χ4n) is 2.96. The number of nitrogens with zero attached hydrogens (tertiary/aromatic N) is 1. The van der Waals surface area contributed by atoms with Crippen LogP contribution in [0.1, 0.15) is 31.0 Å². The maximum absolute atomic E-state index is 15.4. The molecule has 3 rings (SSSR count). The molecular weight excluding hydrogens is 320 g/mol. The number of benzene rings is 2. The molecule has 0 spiro atoms. The maximum atomic E-state index is 15.4. The van der Waals surface area contributed by atoms with Crippen molar-refractivity contribution in [3.63, 3.8) is 0 Å². The molecule has 1 heterocycles. The van der Waals surface area contributed by atoms with Crippen LogP contribution < -0.4 is 0 Å². The average molecular weight is 339 g/mol. The summed E-state index contributed by atoms with van der Waals surface area (Å²) in [6.45, 7) is 3.56. The highest BCUT2D eigenvalue weighted by molar-refractivity contribution is 5.75. The minimum absolute atomic E-state index is 0.00408. The Kier molecular flexibility index (Phi) is 4.91. The Labute approximate surface area is 145 Å². The van der Waals surface area contributed by atoms with E-state index in [1.165, 1.54) is 24.3 Å². The van der Waals surface area contributed by atoms with E-state index in [9.17, 15) is 9.50 Å². The molecule has 0 amide bonds. The van der Waals surface area contributed by atoms with E-state index in [0.717, 1.165) is 0 Å². The number of halogens is 2. The monoisotopic (exact) mass is 339 g/mol. The summed E-state index contributed by atoms with van der Waals surface area (Å²) in [5.41, 5.74) is 2.78. The van der Waals surface area contributed by atoms with Crippen molar-refractivity contribution in [2.24, 2.45) is 0 Å². The van der Waals surface area contributed by atoms with Crippen molar-refractivity contribution in [3.8, 4) is 22.4 Å². The van der Waals surface area contributed by atoms with Gasteiger partial charge < -0.3 is 5.11 Å². The van der Waals surface area contributed by atoms with Gasteiger partial charge in [0.1, 0.15) is 11.5 Å². The summed E-state index contributed by atoms with van der Waals surface area (Å²) in [4.78, 5) is 4.51. The molecule has 1 aromatic heterocycles. The van der Waals surface area contributed by atoms with Gasteiger partial charge in [-0.1, -0.05) is 56.3 Å². The molecular formula is C21H19F2NO. The van der Waals surface area contributed by atoms with Gasteiger partial charge in [0, 0.05) is 22.4 Å². The zero-order chi connectivity index (χ0) is 18.0. The number of hydrogen-bond acceptors (Lipinski definition) is 2. The van der Waals surface area contributed by atoms with Gasteiger partial charge in [-0.3, -0.25) is 0 Å². The Balaban J connectivity index is 2.35. The Morgan fingerprint density at radius 3 is 2.12 bits per heavy atom. The smallest absolute Gasteiger partial charge is 0.157 e. The Morgan fingerprint density at radius 2 is 1.56 bits per heavy atom. The van der Waals surface area contributed by atoms with Gasteiger partial charge in [0.25, 0.3) is 0 Å². The van der Waals surface area contributed by atoms with Crippen molar-refractivity contribution < 1.29 is 13.9 Å². The molecule has 0 aliphatic heterocycles. The summed E-state index contributed by atoms with van der Waals surface area (Å²) in [6.07, 6.45) is 0. The van der Waals surface area contributed by atoms with Crippen molar-refractivity contribution >= 4 is 0 Å². The SMILES string of the molecule is CC(C)c1nc(-c2ccccc2)c(F)c(-c2ccc(F)cc2)c1CO. The molecule has 0 radical (unpaired) electrons. The van der Waals surface area contributed by atoms with Crippen molar-refractivity contribution in [3.05, 3.63) is 77.5 Å². The molecule has 0 unspecified atom stereocenters. The number of aliphatic hydroxyl groups excluding tert-OH is 1. The Bertz CT molecular complexity index is 875. The first-order chi connectivity index (χ1) is 12.0. The molecule has 0 saturated heterocycles. The highest BCUT2D eigenvalue weighted by Crippen LogP contribution is 2.36. The van der Waals surface area contributed by atoms with Gasteiger partial charge in [-0.05, 0) is 23.6 Å². The van der Waals surface area contributed by atoms with Gasteiger partial charge in [0.05, 0.1) is 6.61 Å². The second-order valence-corrected chi connectivity index (χ2v) is 6.20. The molecule has 128 valence electrons. The van der Waals surface area contributed by atoms with Gasteiger partial charge in [-0.2, -0.15) is 0 Å². The quantitative estimate of drug-likeness (QED) is 0.699. The third-order valence-corrected chi connectivity index (χ3v) is 4.16. The molecule has 4 heteroatoms. The first kappa shape index (κ1) is 17.2.